The van der Waals surface area contributed by atoms with Crippen LogP contribution in [0.5, 0.6) is 0 Å². The molecule has 0 amide bonds. The number of nitrogens with one attached hydrogen (secondary N) is 1. The average Bonchev–Trinajstić information content (AvgIpc) is 1.87. The summed E-state index contributed by atoms with van der Waals surface area (Å²) in [7, 11) is 0. The van der Waals surface area contributed by atoms with E-state index in [-0.39, 0.29) is 0 Å². The first-order valence-electron chi connectivity index (χ1n) is 3.67. The number of hydrogen-bond acceptors (Lipinski definition) is 1. The predicted octanol–water partition coefficient (Wildman–Crippen LogP) is 2.12. The summed E-state index contributed by atoms with van der Waals surface area (Å²) in [5.41, 5.74) is 1.23. The summed E-state index contributed by atoms with van der Waals surface area (Å²) in [6, 6.07) is 0.416. The second-order valence-corrected chi connectivity index (χ2v) is 2.69. The zero-order valence-electron chi connectivity index (χ0n) is 6.98. The van der Waals surface area contributed by atoms with Crippen molar-refractivity contribution < 1.29 is 0 Å². The Hall–Kier alpha value is -0.560. The predicted molar refractivity (Wildman–Crippen MR) is 47.1 cm³/mol. The van der Waals surface area contributed by atoms with Crippen molar-refractivity contribution in [3.63, 3.8) is 0 Å². The van der Waals surface area contributed by atoms with Crippen LogP contribution in [0.25, 0.3) is 0 Å². The van der Waals surface area contributed by atoms with Gasteiger partial charge in [0.15, 0.2) is 0 Å². The second-order valence-electron chi connectivity index (χ2n) is 2.69. The van der Waals surface area contributed by atoms with Gasteiger partial charge in [-0.2, -0.15) is 0 Å². The van der Waals surface area contributed by atoms with Gasteiger partial charge >= 0.3 is 0 Å². The zero-order valence-corrected chi connectivity index (χ0v) is 6.98. The summed E-state index contributed by atoms with van der Waals surface area (Å²) in [5, 5.41) is 3.28. The van der Waals surface area contributed by atoms with Crippen molar-refractivity contribution in [1.29, 1.82) is 0 Å². The Morgan fingerprint density at radius 3 is 2.70 bits per heavy atom. The van der Waals surface area contributed by atoms with E-state index in [1.165, 1.54) is 5.57 Å². The van der Waals surface area contributed by atoms with Crippen LogP contribution < -0.4 is 5.32 Å². The standard InChI is InChI=1S/C9H17N/c1-5-9(4)10-7-6-8(2)3/h5,9-10H,1-2,6-7H2,3-4H3. The van der Waals surface area contributed by atoms with Crippen LogP contribution >= 0.6 is 0 Å². The van der Waals surface area contributed by atoms with E-state index in [1.54, 1.807) is 0 Å². The summed E-state index contributed by atoms with van der Waals surface area (Å²) in [4.78, 5) is 0. The maximum absolute atomic E-state index is 3.81. The van der Waals surface area contributed by atoms with Gasteiger partial charge < -0.3 is 5.32 Å². The SMILES string of the molecule is C=CC(C)NCCC(=C)C. The van der Waals surface area contributed by atoms with Crippen LogP contribution in [-0.2, 0) is 0 Å². The fraction of sp³-hybridized carbons (Fsp3) is 0.556. The first-order chi connectivity index (χ1) is 4.66. The van der Waals surface area contributed by atoms with E-state index in [1.807, 2.05) is 13.0 Å². The highest BCUT2D eigenvalue weighted by atomic mass is 14.9. The molecule has 1 nitrogen and oxygen atoms in total. The highest BCUT2D eigenvalue weighted by Gasteiger charge is 1.92. The van der Waals surface area contributed by atoms with Crippen molar-refractivity contribution in [2.75, 3.05) is 6.54 Å². The first-order valence-corrected chi connectivity index (χ1v) is 3.67. The van der Waals surface area contributed by atoms with E-state index in [9.17, 15) is 0 Å². The molecule has 1 atom stereocenters. The van der Waals surface area contributed by atoms with Gasteiger partial charge in [-0.05, 0) is 26.8 Å². The summed E-state index contributed by atoms with van der Waals surface area (Å²) < 4.78 is 0. The Bertz CT molecular complexity index is 116. The van der Waals surface area contributed by atoms with E-state index in [0.29, 0.717) is 6.04 Å². The maximum atomic E-state index is 3.81. The number of rotatable bonds is 5. The van der Waals surface area contributed by atoms with E-state index in [0.717, 1.165) is 13.0 Å². The Balaban J connectivity index is 3.19. The summed E-state index contributed by atoms with van der Waals surface area (Å²) >= 11 is 0. The molecule has 1 unspecified atom stereocenters. The van der Waals surface area contributed by atoms with Crippen molar-refractivity contribution in [1.82, 2.24) is 5.32 Å². The minimum absolute atomic E-state index is 0.416. The van der Waals surface area contributed by atoms with Gasteiger partial charge in [0.05, 0.1) is 0 Å². The van der Waals surface area contributed by atoms with Crippen LogP contribution in [0, 0.1) is 0 Å². The molecule has 1 N–H and O–H groups in total. The molecule has 0 aromatic heterocycles. The van der Waals surface area contributed by atoms with Crippen LogP contribution in [-0.4, -0.2) is 12.6 Å². The molecule has 0 aliphatic rings. The van der Waals surface area contributed by atoms with Crippen LogP contribution in [0.3, 0.4) is 0 Å². The molecule has 58 valence electrons. The molecule has 0 fully saturated rings. The van der Waals surface area contributed by atoms with Gasteiger partial charge in [-0.15, -0.1) is 13.2 Å². The lowest BCUT2D eigenvalue weighted by Crippen LogP contribution is -2.24. The Labute approximate surface area is 63.8 Å². The molecule has 10 heavy (non-hydrogen) atoms. The fourth-order valence-corrected chi connectivity index (χ4v) is 0.597. The molecular weight excluding hydrogens is 122 g/mol. The van der Waals surface area contributed by atoms with Crippen molar-refractivity contribution in [3.05, 3.63) is 24.8 Å². The summed E-state index contributed by atoms with van der Waals surface area (Å²) in [6.07, 6.45) is 2.95. The third-order valence-corrected chi connectivity index (χ3v) is 1.37. The lowest BCUT2D eigenvalue weighted by molar-refractivity contribution is 0.632. The van der Waals surface area contributed by atoms with Crippen molar-refractivity contribution in [3.8, 4) is 0 Å². The molecule has 0 aromatic carbocycles. The molecule has 0 saturated heterocycles. The molecule has 0 rings (SSSR count). The topological polar surface area (TPSA) is 12.0 Å². The smallest absolute Gasteiger partial charge is 0.0219 e. The minimum Gasteiger partial charge on any atom is -0.310 e. The molecular formula is C9H17N. The van der Waals surface area contributed by atoms with Crippen LogP contribution in [0.2, 0.25) is 0 Å². The van der Waals surface area contributed by atoms with Gasteiger partial charge in [0, 0.05) is 6.04 Å². The summed E-state index contributed by atoms with van der Waals surface area (Å²) in [5.74, 6) is 0. The molecule has 0 saturated carbocycles. The monoisotopic (exact) mass is 139 g/mol. The van der Waals surface area contributed by atoms with E-state index in [4.69, 9.17) is 0 Å². The van der Waals surface area contributed by atoms with E-state index in [2.05, 4.69) is 25.4 Å². The van der Waals surface area contributed by atoms with Gasteiger partial charge in [-0.3, -0.25) is 0 Å². The molecule has 0 aromatic rings. The lowest BCUT2D eigenvalue weighted by atomic mass is 10.2. The van der Waals surface area contributed by atoms with Crippen LogP contribution in [0.4, 0.5) is 0 Å². The van der Waals surface area contributed by atoms with Gasteiger partial charge in [-0.25, -0.2) is 0 Å². The quantitative estimate of drug-likeness (QED) is 0.575. The third-order valence-electron chi connectivity index (χ3n) is 1.37. The van der Waals surface area contributed by atoms with Crippen molar-refractivity contribution >= 4 is 0 Å². The Kier molecular flexibility index (Phi) is 4.95. The molecule has 0 spiro atoms. The zero-order chi connectivity index (χ0) is 7.98. The molecule has 0 heterocycles. The summed E-state index contributed by atoms with van der Waals surface area (Å²) in [6.45, 7) is 12.6. The highest BCUT2D eigenvalue weighted by molar-refractivity contribution is 4.90. The molecule has 0 aliphatic heterocycles. The number of hydrogen-bond donors (Lipinski definition) is 1. The van der Waals surface area contributed by atoms with E-state index >= 15 is 0 Å². The molecule has 0 aliphatic carbocycles. The van der Waals surface area contributed by atoms with E-state index < -0.39 is 0 Å². The Morgan fingerprint density at radius 2 is 2.30 bits per heavy atom. The largest absolute Gasteiger partial charge is 0.310 e. The molecule has 0 bridgehead atoms. The van der Waals surface area contributed by atoms with Crippen LogP contribution in [0.1, 0.15) is 20.3 Å². The second kappa shape index (κ2) is 5.24. The Morgan fingerprint density at radius 1 is 1.70 bits per heavy atom. The van der Waals surface area contributed by atoms with Crippen molar-refractivity contribution in [2.45, 2.75) is 26.3 Å². The third kappa shape index (κ3) is 5.57. The highest BCUT2D eigenvalue weighted by Crippen LogP contribution is 1.92. The fourth-order valence-electron chi connectivity index (χ4n) is 0.597. The van der Waals surface area contributed by atoms with Gasteiger partial charge in [0.25, 0.3) is 0 Å². The van der Waals surface area contributed by atoms with Crippen LogP contribution in [0.15, 0.2) is 24.8 Å². The lowest BCUT2D eigenvalue weighted by Gasteiger charge is -2.07. The molecule has 0 radical (unpaired) electrons. The molecule has 1 heteroatoms. The van der Waals surface area contributed by atoms with Gasteiger partial charge in [0.1, 0.15) is 0 Å². The minimum atomic E-state index is 0.416. The van der Waals surface area contributed by atoms with Gasteiger partial charge in [-0.1, -0.05) is 11.6 Å². The first kappa shape index (κ1) is 9.44. The normalized spacial score (nSPS) is 12.6. The van der Waals surface area contributed by atoms with Crippen molar-refractivity contribution in [2.24, 2.45) is 0 Å². The maximum Gasteiger partial charge on any atom is 0.0219 e. The van der Waals surface area contributed by atoms with Gasteiger partial charge in [0.2, 0.25) is 0 Å². The average molecular weight is 139 g/mol.